The Morgan fingerprint density at radius 1 is 1.53 bits per heavy atom. The zero-order valence-electron chi connectivity index (χ0n) is 8.08. The van der Waals surface area contributed by atoms with Crippen LogP contribution < -0.4 is 10.5 Å². The van der Waals surface area contributed by atoms with Gasteiger partial charge in [0, 0.05) is 18.3 Å². The zero-order valence-corrected chi connectivity index (χ0v) is 8.08. The van der Waals surface area contributed by atoms with Crippen LogP contribution in [-0.2, 0) is 0 Å². The van der Waals surface area contributed by atoms with Crippen LogP contribution in [0.3, 0.4) is 0 Å². The van der Waals surface area contributed by atoms with Crippen molar-refractivity contribution in [1.82, 2.24) is 4.98 Å². The van der Waals surface area contributed by atoms with Crippen molar-refractivity contribution >= 4 is 0 Å². The predicted molar refractivity (Wildman–Crippen MR) is 48.4 cm³/mol. The third-order valence-corrected chi connectivity index (χ3v) is 1.62. The molecule has 1 heterocycles. The minimum Gasteiger partial charge on any atom is -0.484 e. The fourth-order valence-corrected chi connectivity index (χ4v) is 0.932. The Bertz CT molecular complexity index is 325. The maximum atomic E-state index is 11.8. The van der Waals surface area contributed by atoms with Crippen LogP contribution in [0.4, 0.5) is 13.2 Å². The zero-order chi connectivity index (χ0) is 11.5. The number of hydrogen-bond acceptors (Lipinski definition) is 3. The topological polar surface area (TPSA) is 48.1 Å². The fourth-order valence-electron chi connectivity index (χ4n) is 0.932. The van der Waals surface area contributed by atoms with Crippen molar-refractivity contribution in [2.45, 2.75) is 19.1 Å². The van der Waals surface area contributed by atoms with Gasteiger partial charge in [-0.15, -0.1) is 0 Å². The number of nitrogens with zero attached hydrogens (tertiary/aromatic N) is 1. The van der Waals surface area contributed by atoms with Crippen LogP contribution in [0.2, 0.25) is 0 Å². The second kappa shape index (κ2) is 4.48. The smallest absolute Gasteiger partial charge is 0.422 e. The molecule has 0 saturated carbocycles. The maximum absolute atomic E-state index is 11.8. The minimum absolute atomic E-state index is 0.120. The molecule has 1 atom stereocenters. The average Bonchev–Trinajstić information content (AvgIpc) is 2.14. The van der Waals surface area contributed by atoms with Gasteiger partial charge in [0.1, 0.15) is 5.75 Å². The third kappa shape index (κ3) is 4.16. The van der Waals surface area contributed by atoms with E-state index in [1.807, 2.05) is 0 Å². The Balaban J connectivity index is 2.66. The number of aromatic nitrogens is 1. The number of pyridine rings is 1. The van der Waals surface area contributed by atoms with E-state index in [1.165, 1.54) is 18.3 Å². The molecule has 0 amide bonds. The average molecular weight is 220 g/mol. The lowest BCUT2D eigenvalue weighted by molar-refractivity contribution is -0.153. The predicted octanol–water partition coefficient (Wildman–Crippen LogP) is 2.04. The number of alkyl halides is 3. The summed E-state index contributed by atoms with van der Waals surface area (Å²) in [5.41, 5.74) is 6.02. The van der Waals surface area contributed by atoms with Crippen LogP contribution in [-0.4, -0.2) is 17.8 Å². The molecule has 1 aromatic rings. The van der Waals surface area contributed by atoms with Crippen molar-refractivity contribution in [2.75, 3.05) is 6.61 Å². The molecule has 0 aliphatic carbocycles. The monoisotopic (exact) mass is 220 g/mol. The number of nitrogens with two attached hydrogens (primary N) is 1. The van der Waals surface area contributed by atoms with Gasteiger partial charge in [0.25, 0.3) is 0 Å². The molecule has 1 aromatic heterocycles. The molecule has 2 N–H and O–H groups in total. The SMILES string of the molecule is CC(N)c1cc(OCC(F)(F)F)ccn1. The van der Waals surface area contributed by atoms with Crippen LogP contribution in [0.1, 0.15) is 18.7 Å². The van der Waals surface area contributed by atoms with Gasteiger partial charge in [-0.1, -0.05) is 0 Å². The summed E-state index contributed by atoms with van der Waals surface area (Å²) in [6, 6.07) is 2.42. The molecule has 0 aliphatic rings. The van der Waals surface area contributed by atoms with Crippen LogP contribution in [0.5, 0.6) is 5.75 Å². The number of halogens is 3. The summed E-state index contributed by atoms with van der Waals surface area (Å²) in [6.45, 7) is 0.380. The molecule has 0 fully saturated rings. The van der Waals surface area contributed by atoms with E-state index < -0.39 is 12.8 Å². The molecule has 0 spiro atoms. The summed E-state index contributed by atoms with van der Waals surface area (Å²) >= 11 is 0. The van der Waals surface area contributed by atoms with E-state index in [0.717, 1.165) is 0 Å². The van der Waals surface area contributed by atoms with Crippen molar-refractivity contribution in [3.05, 3.63) is 24.0 Å². The summed E-state index contributed by atoms with van der Waals surface area (Å²) < 4.78 is 40.0. The third-order valence-electron chi connectivity index (χ3n) is 1.62. The Morgan fingerprint density at radius 2 is 2.20 bits per heavy atom. The van der Waals surface area contributed by atoms with Crippen LogP contribution in [0.15, 0.2) is 18.3 Å². The van der Waals surface area contributed by atoms with Crippen LogP contribution >= 0.6 is 0 Å². The molecular formula is C9H11F3N2O. The molecule has 0 saturated heterocycles. The van der Waals surface area contributed by atoms with Gasteiger partial charge in [-0.25, -0.2) is 0 Å². The Labute approximate surface area is 85.1 Å². The van der Waals surface area contributed by atoms with Crippen molar-refractivity contribution in [3.8, 4) is 5.75 Å². The molecular weight excluding hydrogens is 209 g/mol. The highest BCUT2D eigenvalue weighted by Crippen LogP contribution is 2.19. The first kappa shape index (κ1) is 11.8. The molecule has 15 heavy (non-hydrogen) atoms. The molecule has 0 bridgehead atoms. The molecule has 1 rings (SSSR count). The van der Waals surface area contributed by atoms with E-state index in [-0.39, 0.29) is 11.8 Å². The van der Waals surface area contributed by atoms with E-state index in [9.17, 15) is 13.2 Å². The standard InChI is InChI=1S/C9H11F3N2O/c1-6(13)8-4-7(2-3-14-8)15-5-9(10,11)12/h2-4,6H,5,13H2,1H3. The van der Waals surface area contributed by atoms with E-state index >= 15 is 0 Å². The number of ether oxygens (including phenoxy) is 1. The van der Waals surface area contributed by atoms with E-state index in [2.05, 4.69) is 9.72 Å². The maximum Gasteiger partial charge on any atom is 0.422 e. The Hall–Kier alpha value is -1.30. The molecule has 84 valence electrons. The molecule has 0 radical (unpaired) electrons. The van der Waals surface area contributed by atoms with E-state index in [0.29, 0.717) is 5.69 Å². The fraction of sp³-hybridized carbons (Fsp3) is 0.444. The van der Waals surface area contributed by atoms with Gasteiger partial charge in [-0.3, -0.25) is 4.98 Å². The van der Waals surface area contributed by atoms with Crippen molar-refractivity contribution in [2.24, 2.45) is 5.73 Å². The van der Waals surface area contributed by atoms with Gasteiger partial charge in [-0.05, 0) is 13.0 Å². The highest BCUT2D eigenvalue weighted by atomic mass is 19.4. The molecule has 0 aromatic carbocycles. The Kier molecular flexibility index (Phi) is 3.52. The van der Waals surface area contributed by atoms with Crippen molar-refractivity contribution < 1.29 is 17.9 Å². The van der Waals surface area contributed by atoms with Gasteiger partial charge < -0.3 is 10.5 Å². The lowest BCUT2D eigenvalue weighted by Gasteiger charge is -2.10. The van der Waals surface area contributed by atoms with Crippen LogP contribution in [0, 0.1) is 0 Å². The highest BCUT2D eigenvalue weighted by Gasteiger charge is 2.28. The summed E-state index contributed by atoms with van der Waals surface area (Å²) in [5, 5.41) is 0. The summed E-state index contributed by atoms with van der Waals surface area (Å²) in [4.78, 5) is 3.90. The first-order valence-corrected chi connectivity index (χ1v) is 4.29. The second-order valence-corrected chi connectivity index (χ2v) is 3.11. The largest absolute Gasteiger partial charge is 0.484 e. The first-order valence-electron chi connectivity index (χ1n) is 4.29. The van der Waals surface area contributed by atoms with E-state index in [4.69, 9.17) is 5.73 Å². The molecule has 6 heteroatoms. The first-order chi connectivity index (χ1) is 6.88. The van der Waals surface area contributed by atoms with Crippen LogP contribution in [0.25, 0.3) is 0 Å². The summed E-state index contributed by atoms with van der Waals surface area (Å²) in [7, 11) is 0. The second-order valence-electron chi connectivity index (χ2n) is 3.11. The van der Waals surface area contributed by atoms with Gasteiger partial charge in [0.2, 0.25) is 0 Å². The van der Waals surface area contributed by atoms with Crippen molar-refractivity contribution in [1.29, 1.82) is 0 Å². The highest BCUT2D eigenvalue weighted by molar-refractivity contribution is 5.24. The van der Waals surface area contributed by atoms with Gasteiger partial charge in [-0.2, -0.15) is 13.2 Å². The summed E-state index contributed by atoms with van der Waals surface area (Å²) in [6.07, 6.45) is -2.97. The van der Waals surface area contributed by atoms with Gasteiger partial charge in [0.05, 0.1) is 5.69 Å². The minimum atomic E-state index is -4.34. The molecule has 1 unspecified atom stereocenters. The van der Waals surface area contributed by atoms with Gasteiger partial charge in [0.15, 0.2) is 6.61 Å². The summed E-state index contributed by atoms with van der Waals surface area (Å²) in [5.74, 6) is 0.120. The lowest BCUT2D eigenvalue weighted by atomic mass is 10.2. The molecule has 0 aliphatic heterocycles. The quantitative estimate of drug-likeness (QED) is 0.847. The lowest BCUT2D eigenvalue weighted by Crippen LogP contribution is -2.19. The normalized spacial score (nSPS) is 13.7. The molecule has 3 nitrogen and oxygen atoms in total. The van der Waals surface area contributed by atoms with Crippen molar-refractivity contribution in [3.63, 3.8) is 0 Å². The number of rotatable bonds is 3. The van der Waals surface area contributed by atoms with E-state index in [1.54, 1.807) is 6.92 Å². The van der Waals surface area contributed by atoms with Gasteiger partial charge >= 0.3 is 6.18 Å². The Morgan fingerprint density at radius 3 is 2.73 bits per heavy atom. The number of hydrogen-bond donors (Lipinski definition) is 1.